The number of fused-ring (bicyclic) bond motifs is 1. The number of nitrogens with one attached hydrogen (secondary N) is 1. The van der Waals surface area contributed by atoms with E-state index in [0.29, 0.717) is 5.56 Å². The number of hydrogen-bond donors (Lipinski definition) is 1. The molecule has 3 rings (SSSR count). The van der Waals surface area contributed by atoms with E-state index in [2.05, 4.69) is 11.1 Å². The Morgan fingerprint density at radius 3 is 2.43 bits per heavy atom. The number of carbonyl (C=O) groups excluding carboxylic acids is 1. The summed E-state index contributed by atoms with van der Waals surface area (Å²) < 4.78 is 0. The fraction of sp³-hybridized carbons (Fsp3) is 0.167. The van der Waals surface area contributed by atoms with Crippen LogP contribution in [0.3, 0.4) is 0 Å². The molecule has 0 aliphatic carbocycles. The van der Waals surface area contributed by atoms with E-state index in [9.17, 15) is 4.79 Å². The first-order valence-corrected chi connectivity index (χ1v) is 6.99. The molecule has 3 nitrogen and oxygen atoms in total. The van der Waals surface area contributed by atoms with E-state index in [4.69, 9.17) is 0 Å². The first kappa shape index (κ1) is 13.4. The first-order chi connectivity index (χ1) is 10.1. The van der Waals surface area contributed by atoms with Crippen LogP contribution in [-0.4, -0.2) is 17.9 Å². The van der Waals surface area contributed by atoms with Gasteiger partial charge in [0, 0.05) is 29.8 Å². The molecule has 0 saturated heterocycles. The van der Waals surface area contributed by atoms with Crippen molar-refractivity contribution in [1.82, 2.24) is 4.98 Å². The molecule has 2 aromatic carbocycles. The minimum atomic E-state index is -0.00236. The van der Waals surface area contributed by atoms with Gasteiger partial charge < -0.3 is 9.88 Å². The van der Waals surface area contributed by atoms with Gasteiger partial charge >= 0.3 is 0 Å². The molecule has 3 aromatic rings. The fourth-order valence-electron chi connectivity index (χ4n) is 2.69. The molecule has 1 amide bonds. The second-order valence-corrected chi connectivity index (χ2v) is 5.46. The van der Waals surface area contributed by atoms with E-state index in [-0.39, 0.29) is 5.91 Å². The summed E-state index contributed by atoms with van der Waals surface area (Å²) in [5.74, 6) is -0.00236. The Balaban J connectivity index is 2.01. The van der Waals surface area contributed by atoms with Crippen LogP contribution in [-0.2, 0) is 0 Å². The lowest BCUT2D eigenvalue weighted by molar-refractivity contribution is 0.0994. The molecule has 0 saturated carbocycles. The molecule has 0 spiro atoms. The third kappa shape index (κ3) is 2.42. The Hall–Kier alpha value is -2.55. The minimum absolute atomic E-state index is 0.00236. The van der Waals surface area contributed by atoms with Crippen LogP contribution in [0.2, 0.25) is 0 Å². The molecular weight excluding hydrogens is 260 g/mol. The highest BCUT2D eigenvalue weighted by Crippen LogP contribution is 2.23. The summed E-state index contributed by atoms with van der Waals surface area (Å²) in [6, 6.07) is 14.0. The number of aromatic nitrogens is 1. The maximum Gasteiger partial charge on any atom is 0.260 e. The number of aryl methyl sites for hydroxylation is 2. The van der Waals surface area contributed by atoms with Crippen molar-refractivity contribution < 1.29 is 4.79 Å². The van der Waals surface area contributed by atoms with Gasteiger partial charge in [0.1, 0.15) is 0 Å². The Bertz CT molecular complexity index is 797. The highest BCUT2D eigenvalue weighted by atomic mass is 16.2. The topological polar surface area (TPSA) is 36.1 Å². The Labute approximate surface area is 124 Å². The van der Waals surface area contributed by atoms with Crippen LogP contribution in [0.1, 0.15) is 21.5 Å². The molecule has 0 aliphatic heterocycles. The van der Waals surface area contributed by atoms with Gasteiger partial charge in [-0.05, 0) is 43.2 Å². The molecular formula is C18H18N2O. The molecule has 1 aromatic heterocycles. The summed E-state index contributed by atoms with van der Waals surface area (Å²) >= 11 is 0. The third-order valence-electron chi connectivity index (χ3n) is 3.72. The summed E-state index contributed by atoms with van der Waals surface area (Å²) in [4.78, 5) is 17.6. The van der Waals surface area contributed by atoms with Crippen LogP contribution < -0.4 is 4.90 Å². The van der Waals surface area contributed by atoms with Crippen LogP contribution in [0.25, 0.3) is 10.9 Å². The average molecular weight is 278 g/mol. The van der Waals surface area contributed by atoms with Gasteiger partial charge in [0.05, 0.1) is 5.56 Å². The van der Waals surface area contributed by atoms with E-state index in [0.717, 1.165) is 27.7 Å². The van der Waals surface area contributed by atoms with E-state index in [1.165, 1.54) is 0 Å². The summed E-state index contributed by atoms with van der Waals surface area (Å²) in [5.41, 5.74) is 4.91. The number of anilines is 1. The largest absolute Gasteiger partial charge is 0.360 e. The Kier molecular flexibility index (Phi) is 3.26. The molecule has 0 bridgehead atoms. The molecule has 1 N–H and O–H groups in total. The molecule has 0 unspecified atom stereocenters. The van der Waals surface area contributed by atoms with Crippen molar-refractivity contribution in [1.29, 1.82) is 0 Å². The third-order valence-corrected chi connectivity index (χ3v) is 3.72. The number of nitrogens with zero attached hydrogens (tertiary/aromatic N) is 1. The minimum Gasteiger partial charge on any atom is -0.360 e. The van der Waals surface area contributed by atoms with Gasteiger partial charge in [0.15, 0.2) is 0 Å². The van der Waals surface area contributed by atoms with Crippen molar-refractivity contribution in [2.24, 2.45) is 0 Å². The van der Waals surface area contributed by atoms with Crippen LogP contribution in [0.5, 0.6) is 0 Å². The predicted octanol–water partition coefficient (Wildman–Crippen LogP) is 4.06. The maximum atomic E-state index is 12.7. The van der Waals surface area contributed by atoms with Crippen molar-refractivity contribution in [3.63, 3.8) is 0 Å². The van der Waals surface area contributed by atoms with Crippen molar-refractivity contribution in [2.75, 3.05) is 11.9 Å². The molecule has 0 fully saturated rings. The van der Waals surface area contributed by atoms with Gasteiger partial charge in [-0.1, -0.05) is 24.3 Å². The zero-order valence-corrected chi connectivity index (χ0v) is 12.5. The lowest BCUT2D eigenvalue weighted by Crippen LogP contribution is -2.26. The summed E-state index contributed by atoms with van der Waals surface area (Å²) in [6.07, 6.45) is 1.78. The first-order valence-electron chi connectivity index (χ1n) is 6.99. The summed E-state index contributed by atoms with van der Waals surface area (Å²) in [6.45, 7) is 4.08. The van der Waals surface area contributed by atoms with Crippen molar-refractivity contribution in [3.8, 4) is 0 Å². The quantitative estimate of drug-likeness (QED) is 0.754. The van der Waals surface area contributed by atoms with Crippen molar-refractivity contribution in [3.05, 3.63) is 65.4 Å². The fourth-order valence-corrected chi connectivity index (χ4v) is 2.69. The standard InChI is InChI=1S/C18H18N2O/c1-12-8-13(2)10-14(9-12)20(3)18(21)16-11-19-17-7-5-4-6-15(16)17/h4-11,19H,1-3H3. The van der Waals surface area contributed by atoms with Crippen LogP contribution in [0.15, 0.2) is 48.7 Å². The Morgan fingerprint density at radius 1 is 1.05 bits per heavy atom. The van der Waals surface area contributed by atoms with Crippen LogP contribution in [0.4, 0.5) is 5.69 Å². The average Bonchev–Trinajstić information content (AvgIpc) is 2.88. The lowest BCUT2D eigenvalue weighted by atomic mass is 10.1. The zero-order chi connectivity index (χ0) is 15.0. The number of rotatable bonds is 2. The van der Waals surface area contributed by atoms with E-state index in [1.807, 2.05) is 57.3 Å². The Morgan fingerprint density at radius 2 is 1.71 bits per heavy atom. The molecule has 0 atom stereocenters. The van der Waals surface area contributed by atoms with E-state index in [1.54, 1.807) is 11.1 Å². The number of carbonyl (C=O) groups is 1. The number of amides is 1. The molecule has 106 valence electrons. The smallest absolute Gasteiger partial charge is 0.260 e. The number of hydrogen-bond acceptors (Lipinski definition) is 1. The lowest BCUT2D eigenvalue weighted by Gasteiger charge is -2.18. The van der Waals surface area contributed by atoms with Gasteiger partial charge in [0.25, 0.3) is 5.91 Å². The van der Waals surface area contributed by atoms with E-state index < -0.39 is 0 Å². The highest BCUT2D eigenvalue weighted by Gasteiger charge is 2.17. The monoisotopic (exact) mass is 278 g/mol. The second-order valence-electron chi connectivity index (χ2n) is 5.46. The SMILES string of the molecule is Cc1cc(C)cc(N(C)C(=O)c2c[nH]c3ccccc23)c1. The number of para-hydroxylation sites is 1. The summed E-state index contributed by atoms with van der Waals surface area (Å²) in [7, 11) is 1.82. The predicted molar refractivity (Wildman–Crippen MR) is 86.9 cm³/mol. The van der Waals surface area contributed by atoms with Crippen LogP contribution in [0, 0.1) is 13.8 Å². The number of aromatic amines is 1. The molecule has 1 heterocycles. The molecule has 0 aliphatic rings. The number of H-pyrrole nitrogens is 1. The maximum absolute atomic E-state index is 12.7. The zero-order valence-electron chi connectivity index (χ0n) is 12.5. The molecule has 3 heteroatoms. The second kappa shape index (κ2) is 5.09. The molecule has 21 heavy (non-hydrogen) atoms. The van der Waals surface area contributed by atoms with Gasteiger partial charge in [-0.2, -0.15) is 0 Å². The molecule has 0 radical (unpaired) electrons. The summed E-state index contributed by atoms with van der Waals surface area (Å²) in [5, 5.41) is 0.957. The van der Waals surface area contributed by atoms with Gasteiger partial charge in [-0.15, -0.1) is 0 Å². The van der Waals surface area contributed by atoms with Gasteiger partial charge in [-0.3, -0.25) is 4.79 Å². The van der Waals surface area contributed by atoms with E-state index >= 15 is 0 Å². The number of benzene rings is 2. The van der Waals surface area contributed by atoms with Crippen LogP contribution >= 0.6 is 0 Å². The van der Waals surface area contributed by atoms with Crippen molar-refractivity contribution >= 4 is 22.5 Å². The highest BCUT2D eigenvalue weighted by molar-refractivity contribution is 6.13. The van der Waals surface area contributed by atoms with Crippen molar-refractivity contribution in [2.45, 2.75) is 13.8 Å². The van der Waals surface area contributed by atoms with Gasteiger partial charge in [-0.25, -0.2) is 0 Å². The van der Waals surface area contributed by atoms with Gasteiger partial charge in [0.2, 0.25) is 0 Å². The normalized spacial score (nSPS) is 10.8.